The number of rotatable bonds is 4. The van der Waals surface area contributed by atoms with Gasteiger partial charge in [-0.1, -0.05) is 0 Å². The predicted octanol–water partition coefficient (Wildman–Crippen LogP) is 1.61. The SMILES string of the molecule is Cn1nccc1C(=O)Nc1ccc(C(=O)N2CCC(C(=O)O)CC2)cc1. The molecule has 0 radical (unpaired) electrons. The molecular weight excluding hydrogens is 336 g/mol. The maximum absolute atomic E-state index is 12.5. The number of carboxylic acid groups (broad SMARTS) is 1. The first-order valence-corrected chi connectivity index (χ1v) is 8.37. The number of benzene rings is 1. The molecule has 1 aliphatic heterocycles. The summed E-state index contributed by atoms with van der Waals surface area (Å²) < 4.78 is 1.48. The monoisotopic (exact) mass is 356 g/mol. The lowest BCUT2D eigenvalue weighted by Crippen LogP contribution is -2.40. The molecule has 0 unspecified atom stereocenters. The molecule has 2 amide bonds. The third-order valence-electron chi connectivity index (χ3n) is 4.57. The number of nitrogens with one attached hydrogen (secondary N) is 1. The summed E-state index contributed by atoms with van der Waals surface area (Å²) in [6.45, 7) is 0.879. The van der Waals surface area contributed by atoms with Gasteiger partial charge in [0.1, 0.15) is 5.69 Å². The lowest BCUT2D eigenvalue weighted by Gasteiger charge is -2.30. The Bertz CT molecular complexity index is 820. The van der Waals surface area contributed by atoms with Gasteiger partial charge in [0.05, 0.1) is 5.92 Å². The maximum atomic E-state index is 12.5. The van der Waals surface area contributed by atoms with Gasteiger partial charge < -0.3 is 15.3 Å². The Morgan fingerprint density at radius 3 is 2.31 bits per heavy atom. The molecular formula is C18H20N4O4. The summed E-state index contributed by atoms with van der Waals surface area (Å²) >= 11 is 0. The third-order valence-corrected chi connectivity index (χ3v) is 4.57. The van der Waals surface area contributed by atoms with Crippen LogP contribution < -0.4 is 5.32 Å². The number of carbonyl (C=O) groups excluding carboxylic acids is 2. The second-order valence-corrected chi connectivity index (χ2v) is 6.28. The second-order valence-electron chi connectivity index (χ2n) is 6.28. The van der Waals surface area contributed by atoms with Crippen molar-refractivity contribution in [3.63, 3.8) is 0 Å². The van der Waals surface area contributed by atoms with Gasteiger partial charge in [0.2, 0.25) is 0 Å². The third kappa shape index (κ3) is 3.74. The van der Waals surface area contributed by atoms with Crippen LogP contribution in [0.3, 0.4) is 0 Å². The Kier molecular flexibility index (Phi) is 5.01. The Labute approximate surface area is 150 Å². The number of carbonyl (C=O) groups is 3. The summed E-state index contributed by atoms with van der Waals surface area (Å²) in [4.78, 5) is 37.3. The fraction of sp³-hybridized carbons (Fsp3) is 0.333. The first-order valence-electron chi connectivity index (χ1n) is 8.37. The molecule has 0 saturated carbocycles. The molecule has 1 aromatic carbocycles. The van der Waals surface area contributed by atoms with Gasteiger partial charge in [0.25, 0.3) is 11.8 Å². The Hall–Kier alpha value is -3.16. The summed E-state index contributed by atoms with van der Waals surface area (Å²) in [5, 5.41) is 15.7. The number of hydrogen-bond donors (Lipinski definition) is 2. The zero-order valence-electron chi connectivity index (χ0n) is 14.4. The number of carboxylic acids is 1. The molecule has 8 nitrogen and oxygen atoms in total. The highest BCUT2D eigenvalue weighted by atomic mass is 16.4. The van der Waals surface area contributed by atoms with Crippen LogP contribution in [-0.2, 0) is 11.8 Å². The highest BCUT2D eigenvalue weighted by Crippen LogP contribution is 2.20. The topological polar surface area (TPSA) is 105 Å². The van der Waals surface area contributed by atoms with Crippen LogP contribution in [0.25, 0.3) is 0 Å². The molecule has 1 aliphatic rings. The van der Waals surface area contributed by atoms with Crippen molar-refractivity contribution in [3.8, 4) is 0 Å². The van der Waals surface area contributed by atoms with E-state index in [1.54, 1.807) is 48.5 Å². The lowest BCUT2D eigenvalue weighted by atomic mass is 9.96. The molecule has 3 rings (SSSR count). The molecule has 26 heavy (non-hydrogen) atoms. The fourth-order valence-electron chi connectivity index (χ4n) is 3.00. The number of hydrogen-bond acceptors (Lipinski definition) is 4. The summed E-state index contributed by atoms with van der Waals surface area (Å²) in [6, 6.07) is 8.28. The van der Waals surface area contributed by atoms with Gasteiger partial charge in [-0.25, -0.2) is 0 Å². The molecule has 1 saturated heterocycles. The number of anilines is 1. The number of amides is 2. The number of likely N-dealkylation sites (tertiary alicyclic amines) is 1. The van der Waals surface area contributed by atoms with Crippen molar-refractivity contribution < 1.29 is 19.5 Å². The first-order chi connectivity index (χ1) is 12.5. The van der Waals surface area contributed by atoms with Gasteiger partial charge in [0.15, 0.2) is 0 Å². The number of piperidine rings is 1. The van der Waals surface area contributed by atoms with Crippen molar-refractivity contribution in [1.29, 1.82) is 0 Å². The van der Waals surface area contributed by atoms with Crippen LogP contribution in [0.15, 0.2) is 36.5 Å². The fourth-order valence-corrected chi connectivity index (χ4v) is 3.00. The number of nitrogens with zero attached hydrogens (tertiary/aromatic N) is 3. The average Bonchev–Trinajstić information content (AvgIpc) is 3.08. The molecule has 0 spiro atoms. The molecule has 2 heterocycles. The molecule has 1 aromatic heterocycles. The van der Waals surface area contributed by atoms with Crippen LogP contribution in [0.2, 0.25) is 0 Å². The van der Waals surface area contributed by atoms with E-state index in [1.807, 2.05) is 0 Å². The minimum atomic E-state index is -0.800. The van der Waals surface area contributed by atoms with E-state index in [9.17, 15) is 14.4 Å². The highest BCUT2D eigenvalue weighted by Gasteiger charge is 2.27. The predicted molar refractivity (Wildman–Crippen MR) is 93.9 cm³/mol. The normalized spacial score (nSPS) is 14.9. The smallest absolute Gasteiger partial charge is 0.306 e. The second kappa shape index (κ2) is 7.38. The Balaban J connectivity index is 1.61. The van der Waals surface area contributed by atoms with Gasteiger partial charge in [-0.2, -0.15) is 5.10 Å². The zero-order valence-corrected chi connectivity index (χ0v) is 14.4. The van der Waals surface area contributed by atoms with Crippen molar-refractivity contribution in [2.75, 3.05) is 18.4 Å². The number of aromatic nitrogens is 2. The van der Waals surface area contributed by atoms with Crippen molar-refractivity contribution in [2.45, 2.75) is 12.8 Å². The van der Waals surface area contributed by atoms with Crippen molar-refractivity contribution in [2.24, 2.45) is 13.0 Å². The van der Waals surface area contributed by atoms with Crippen LogP contribution in [-0.4, -0.2) is 50.7 Å². The molecule has 136 valence electrons. The summed E-state index contributed by atoms with van der Waals surface area (Å²) in [6.07, 6.45) is 2.49. The lowest BCUT2D eigenvalue weighted by molar-refractivity contribution is -0.143. The summed E-state index contributed by atoms with van der Waals surface area (Å²) in [5.41, 5.74) is 1.53. The first kappa shape index (κ1) is 17.7. The van der Waals surface area contributed by atoms with Crippen molar-refractivity contribution in [1.82, 2.24) is 14.7 Å². The number of aliphatic carboxylic acids is 1. The molecule has 2 aromatic rings. The van der Waals surface area contributed by atoms with E-state index in [0.717, 1.165) is 0 Å². The largest absolute Gasteiger partial charge is 0.481 e. The van der Waals surface area contributed by atoms with Crippen LogP contribution in [0.5, 0.6) is 0 Å². The van der Waals surface area contributed by atoms with E-state index < -0.39 is 5.97 Å². The van der Waals surface area contributed by atoms with E-state index in [-0.39, 0.29) is 17.7 Å². The summed E-state index contributed by atoms with van der Waals surface area (Å²) in [7, 11) is 1.68. The Morgan fingerprint density at radius 1 is 1.12 bits per heavy atom. The van der Waals surface area contributed by atoms with E-state index in [0.29, 0.717) is 42.9 Å². The van der Waals surface area contributed by atoms with Crippen LogP contribution >= 0.6 is 0 Å². The van der Waals surface area contributed by atoms with E-state index in [1.165, 1.54) is 4.68 Å². The van der Waals surface area contributed by atoms with E-state index in [2.05, 4.69) is 10.4 Å². The van der Waals surface area contributed by atoms with E-state index >= 15 is 0 Å². The highest BCUT2D eigenvalue weighted by molar-refractivity contribution is 6.03. The molecule has 1 fully saturated rings. The van der Waals surface area contributed by atoms with Crippen LogP contribution in [0, 0.1) is 5.92 Å². The average molecular weight is 356 g/mol. The van der Waals surface area contributed by atoms with Crippen molar-refractivity contribution >= 4 is 23.5 Å². The zero-order chi connectivity index (χ0) is 18.7. The summed E-state index contributed by atoms with van der Waals surface area (Å²) in [5.74, 6) is -1.58. The molecule has 0 bridgehead atoms. The van der Waals surface area contributed by atoms with Gasteiger partial charge in [-0.15, -0.1) is 0 Å². The standard InChI is InChI=1S/C18H20N4O4/c1-21-15(6-9-19-21)16(23)20-14-4-2-12(3-5-14)17(24)22-10-7-13(8-11-22)18(25)26/h2-6,9,13H,7-8,10-11H2,1H3,(H,20,23)(H,25,26). The Morgan fingerprint density at radius 2 is 1.77 bits per heavy atom. The van der Waals surface area contributed by atoms with Gasteiger partial charge in [-0.05, 0) is 43.2 Å². The molecule has 0 atom stereocenters. The van der Waals surface area contributed by atoms with Crippen LogP contribution in [0.4, 0.5) is 5.69 Å². The van der Waals surface area contributed by atoms with Gasteiger partial charge in [-0.3, -0.25) is 19.1 Å². The number of aryl methyl sites for hydroxylation is 1. The van der Waals surface area contributed by atoms with Gasteiger partial charge >= 0.3 is 5.97 Å². The molecule has 2 N–H and O–H groups in total. The van der Waals surface area contributed by atoms with E-state index in [4.69, 9.17) is 5.11 Å². The minimum absolute atomic E-state index is 0.127. The maximum Gasteiger partial charge on any atom is 0.306 e. The van der Waals surface area contributed by atoms with Crippen molar-refractivity contribution in [3.05, 3.63) is 47.8 Å². The van der Waals surface area contributed by atoms with Gasteiger partial charge in [0, 0.05) is 37.6 Å². The van der Waals surface area contributed by atoms with Crippen LogP contribution in [0.1, 0.15) is 33.7 Å². The quantitative estimate of drug-likeness (QED) is 0.866. The molecule has 8 heteroatoms. The minimum Gasteiger partial charge on any atom is -0.481 e. The molecule has 0 aliphatic carbocycles.